The van der Waals surface area contributed by atoms with Crippen molar-refractivity contribution < 1.29 is 23.5 Å². The highest BCUT2D eigenvalue weighted by Gasteiger charge is 2.35. The fourth-order valence-corrected chi connectivity index (χ4v) is 7.24. The zero-order valence-electron chi connectivity index (χ0n) is 25.9. The summed E-state index contributed by atoms with van der Waals surface area (Å²) < 4.78 is 20.6. The number of esters is 1. The number of aromatic nitrogens is 2. The van der Waals surface area contributed by atoms with E-state index in [-0.39, 0.29) is 18.2 Å². The number of piperidine rings is 1. The van der Waals surface area contributed by atoms with Gasteiger partial charge in [-0.15, -0.1) is 11.3 Å². The van der Waals surface area contributed by atoms with Crippen molar-refractivity contribution >= 4 is 50.4 Å². The van der Waals surface area contributed by atoms with Crippen LogP contribution < -0.4 is 22.1 Å². The number of rotatable bonds is 13. The Hall–Kier alpha value is -4.23. The number of likely N-dealkylation sites (tertiary alicyclic amines) is 1. The lowest BCUT2D eigenvalue weighted by molar-refractivity contribution is -0.148. The lowest BCUT2D eigenvalue weighted by Crippen LogP contribution is -2.57. The average Bonchev–Trinajstić information content (AvgIpc) is 3.65. The fraction of sp³-hybridized carbons (Fsp3) is 0.455. The zero-order chi connectivity index (χ0) is 32.6. The van der Waals surface area contributed by atoms with E-state index in [1.54, 1.807) is 20.8 Å². The summed E-state index contributed by atoms with van der Waals surface area (Å²) in [5.74, 6) is -1.71. The third-order valence-electron chi connectivity index (χ3n) is 8.67. The van der Waals surface area contributed by atoms with Crippen LogP contribution in [0.15, 0.2) is 58.7 Å². The van der Waals surface area contributed by atoms with Gasteiger partial charge in [0.2, 0.25) is 5.91 Å². The van der Waals surface area contributed by atoms with E-state index >= 15 is 0 Å². The van der Waals surface area contributed by atoms with Crippen molar-refractivity contribution in [3.63, 3.8) is 0 Å². The van der Waals surface area contributed by atoms with Gasteiger partial charge in [-0.05, 0) is 73.2 Å². The monoisotopic (exact) mass is 651 g/mol. The molecule has 246 valence electrons. The molecule has 46 heavy (non-hydrogen) atoms. The van der Waals surface area contributed by atoms with Crippen molar-refractivity contribution in [3.05, 3.63) is 70.0 Å². The first-order valence-corrected chi connectivity index (χ1v) is 16.6. The SMILES string of the molecule is CC(c1csc2ccccc12)C(NC(=O)N1CCC(n2c(=O)[nH]c3ccccc32)CC1)C(=O)NC(CCCCN)C(=O)OCC[18F]. The molecule has 0 bridgehead atoms. The van der Waals surface area contributed by atoms with Crippen molar-refractivity contribution in [1.82, 2.24) is 25.1 Å². The average molecular weight is 652 g/mol. The Morgan fingerprint density at radius 3 is 2.59 bits per heavy atom. The van der Waals surface area contributed by atoms with Gasteiger partial charge in [-0.2, -0.15) is 0 Å². The maximum Gasteiger partial charge on any atom is 0.328 e. The van der Waals surface area contributed by atoms with Gasteiger partial charge in [-0.25, -0.2) is 18.8 Å². The Balaban J connectivity index is 1.33. The number of amides is 3. The maximum atomic E-state index is 13.9. The van der Waals surface area contributed by atoms with Crippen LogP contribution in [0.25, 0.3) is 21.1 Å². The molecule has 0 saturated carbocycles. The lowest BCUT2D eigenvalue weighted by Gasteiger charge is -2.34. The molecule has 3 amide bonds. The van der Waals surface area contributed by atoms with E-state index < -0.39 is 49.2 Å². The molecule has 11 nitrogen and oxygen atoms in total. The summed E-state index contributed by atoms with van der Waals surface area (Å²) in [4.78, 5) is 57.7. The molecule has 1 saturated heterocycles. The summed E-state index contributed by atoms with van der Waals surface area (Å²) in [6.45, 7) is 1.85. The number of alkyl halides is 1. The number of imidazole rings is 1. The predicted molar refractivity (Wildman–Crippen MR) is 177 cm³/mol. The number of para-hydroxylation sites is 2. The Kier molecular flexibility index (Phi) is 11.1. The molecule has 1 fully saturated rings. The first kappa shape index (κ1) is 33.1. The van der Waals surface area contributed by atoms with Gasteiger partial charge in [-0.1, -0.05) is 37.3 Å². The number of ether oxygens (including phenoxy) is 1. The minimum absolute atomic E-state index is 0.0764. The summed E-state index contributed by atoms with van der Waals surface area (Å²) in [6, 6.07) is 12.9. The molecule has 3 unspecified atom stereocenters. The number of nitrogens with zero attached hydrogens (tertiary/aromatic N) is 2. The van der Waals surface area contributed by atoms with E-state index in [0.717, 1.165) is 26.7 Å². The van der Waals surface area contributed by atoms with Crippen LogP contribution in [-0.4, -0.2) is 77.4 Å². The number of carbonyl (C=O) groups excluding carboxylic acids is 3. The third-order valence-corrected chi connectivity index (χ3v) is 9.65. The topological polar surface area (TPSA) is 152 Å². The quantitative estimate of drug-likeness (QED) is 0.126. The van der Waals surface area contributed by atoms with E-state index in [1.165, 1.54) is 0 Å². The zero-order valence-corrected chi connectivity index (χ0v) is 26.7. The summed E-state index contributed by atoms with van der Waals surface area (Å²) in [5, 5.41) is 8.71. The highest BCUT2D eigenvalue weighted by atomic mass is 32.1. The van der Waals surface area contributed by atoms with Crippen LogP contribution in [0, 0.1) is 0 Å². The molecule has 3 heterocycles. The molecule has 2 aromatic heterocycles. The third kappa shape index (κ3) is 7.42. The van der Waals surface area contributed by atoms with E-state index in [0.29, 0.717) is 45.3 Å². The number of urea groups is 1. The molecule has 0 spiro atoms. The smallest absolute Gasteiger partial charge is 0.328 e. The van der Waals surface area contributed by atoms with Gasteiger partial charge in [0.15, 0.2) is 0 Å². The normalized spacial score (nSPS) is 15.8. The molecule has 5 rings (SSSR count). The first-order chi connectivity index (χ1) is 22.3. The molecule has 2 aromatic carbocycles. The lowest BCUT2D eigenvalue weighted by atomic mass is 9.92. The Bertz CT molecular complexity index is 1710. The standard InChI is InChI=1S/C33H41FN6O5S/c1-21(24-20-46-28-12-5-2-8-23(24)28)29(30(41)36-26(10-6-7-16-35)31(42)45-19-15-34)38-32(43)39-17-13-22(14-18-39)40-27-11-4-3-9-25(27)37-33(40)44/h2-5,8-9,11-12,20-22,26,29H,6-7,10,13-19,35H2,1H3,(H,36,41)(H,37,44)(H,38,43)/i34-1. The number of carbonyl (C=O) groups is 3. The highest BCUT2D eigenvalue weighted by Crippen LogP contribution is 2.33. The van der Waals surface area contributed by atoms with Gasteiger partial charge in [-0.3, -0.25) is 9.36 Å². The highest BCUT2D eigenvalue weighted by molar-refractivity contribution is 7.17. The Morgan fingerprint density at radius 1 is 1.09 bits per heavy atom. The Labute approximate surface area is 270 Å². The second kappa shape index (κ2) is 15.4. The number of aromatic amines is 1. The Morgan fingerprint density at radius 2 is 1.83 bits per heavy atom. The largest absolute Gasteiger partial charge is 0.461 e. The van der Waals surface area contributed by atoms with Crippen LogP contribution in [0.2, 0.25) is 0 Å². The van der Waals surface area contributed by atoms with Crippen molar-refractivity contribution in [1.29, 1.82) is 0 Å². The number of hydrogen-bond donors (Lipinski definition) is 4. The van der Waals surface area contributed by atoms with Crippen LogP contribution in [0.3, 0.4) is 0 Å². The molecule has 0 radical (unpaired) electrons. The molecule has 4 aromatic rings. The summed E-state index contributed by atoms with van der Waals surface area (Å²) >= 11 is 1.55. The molecule has 0 aliphatic carbocycles. The molecule has 13 heteroatoms. The molecular formula is C33H41FN6O5S. The van der Waals surface area contributed by atoms with Crippen molar-refractivity contribution in [2.24, 2.45) is 5.73 Å². The number of nitrogens with two attached hydrogens (primary N) is 1. The first-order valence-electron chi connectivity index (χ1n) is 15.8. The fourth-order valence-electron chi connectivity index (χ4n) is 6.18. The van der Waals surface area contributed by atoms with Gasteiger partial charge in [0, 0.05) is 29.7 Å². The van der Waals surface area contributed by atoms with Crippen LogP contribution in [-0.2, 0) is 14.3 Å². The van der Waals surface area contributed by atoms with Crippen LogP contribution in [0.1, 0.15) is 56.6 Å². The van der Waals surface area contributed by atoms with E-state index in [9.17, 15) is 23.6 Å². The summed E-state index contributed by atoms with van der Waals surface area (Å²) in [6.07, 6.45) is 2.61. The van der Waals surface area contributed by atoms with Crippen LogP contribution in [0.4, 0.5) is 9.18 Å². The number of thiophene rings is 1. The van der Waals surface area contributed by atoms with Gasteiger partial charge in [0.1, 0.15) is 25.4 Å². The number of halogens is 1. The van der Waals surface area contributed by atoms with Crippen LogP contribution >= 0.6 is 11.3 Å². The van der Waals surface area contributed by atoms with Gasteiger partial charge >= 0.3 is 17.7 Å². The number of fused-ring (bicyclic) bond motifs is 2. The van der Waals surface area contributed by atoms with Crippen molar-refractivity contribution in [2.45, 2.75) is 63.1 Å². The second-order valence-corrected chi connectivity index (χ2v) is 12.6. The maximum absolute atomic E-state index is 13.9. The molecular weight excluding hydrogens is 610 g/mol. The van der Waals surface area contributed by atoms with Gasteiger partial charge in [0.25, 0.3) is 0 Å². The number of unbranched alkanes of at least 4 members (excludes halogenated alkanes) is 1. The number of nitrogens with one attached hydrogen (secondary N) is 3. The molecule has 5 N–H and O–H groups in total. The van der Waals surface area contributed by atoms with Gasteiger partial charge < -0.3 is 31.0 Å². The number of benzene rings is 2. The number of hydrogen-bond acceptors (Lipinski definition) is 7. The van der Waals surface area contributed by atoms with E-state index in [4.69, 9.17) is 10.5 Å². The summed E-state index contributed by atoms with van der Waals surface area (Å²) in [5.41, 5.74) is 7.95. The minimum atomic E-state index is -1.02. The second-order valence-electron chi connectivity index (χ2n) is 11.6. The van der Waals surface area contributed by atoms with E-state index in [2.05, 4.69) is 15.6 Å². The van der Waals surface area contributed by atoms with Crippen LogP contribution in [0.5, 0.6) is 0 Å². The summed E-state index contributed by atoms with van der Waals surface area (Å²) in [7, 11) is 0. The molecule has 3 atom stereocenters. The number of H-pyrrole nitrogens is 1. The van der Waals surface area contributed by atoms with E-state index in [1.807, 2.05) is 60.8 Å². The van der Waals surface area contributed by atoms with Crippen molar-refractivity contribution in [3.8, 4) is 0 Å². The minimum Gasteiger partial charge on any atom is -0.461 e. The molecule has 1 aliphatic heterocycles. The molecule has 1 aliphatic rings. The van der Waals surface area contributed by atoms with Gasteiger partial charge in [0.05, 0.1) is 11.0 Å². The van der Waals surface area contributed by atoms with Crippen molar-refractivity contribution in [2.75, 3.05) is 32.9 Å². The predicted octanol–water partition coefficient (Wildman–Crippen LogP) is 4.19.